The number of nitrogens with zero attached hydrogens (tertiary/aromatic N) is 1. The molecular formula is C15H22N2O2S2. The molecule has 0 amide bonds. The molecule has 116 valence electrons. The van der Waals surface area contributed by atoms with Crippen LogP contribution in [0.25, 0.3) is 0 Å². The topological polar surface area (TPSA) is 63.4 Å². The van der Waals surface area contributed by atoms with E-state index in [-0.39, 0.29) is 10.7 Å². The van der Waals surface area contributed by atoms with E-state index in [9.17, 15) is 8.42 Å². The molecule has 0 spiro atoms. The highest BCUT2D eigenvalue weighted by atomic mass is 32.2. The van der Waals surface area contributed by atoms with Crippen LogP contribution >= 0.6 is 12.2 Å². The number of thiocarbonyl (C=S) groups is 1. The van der Waals surface area contributed by atoms with Gasteiger partial charge in [0.2, 0.25) is 0 Å². The maximum absolute atomic E-state index is 12.4. The van der Waals surface area contributed by atoms with Gasteiger partial charge in [0.05, 0.1) is 10.6 Å². The van der Waals surface area contributed by atoms with Crippen molar-refractivity contribution in [2.75, 3.05) is 25.4 Å². The van der Waals surface area contributed by atoms with E-state index in [1.807, 2.05) is 0 Å². The Bertz CT molecular complexity index is 606. The van der Waals surface area contributed by atoms with Gasteiger partial charge in [-0.05, 0) is 44.0 Å². The normalized spacial score (nSPS) is 17.8. The van der Waals surface area contributed by atoms with Gasteiger partial charge in [-0.15, -0.1) is 0 Å². The number of benzene rings is 1. The van der Waals surface area contributed by atoms with Crippen molar-refractivity contribution in [3.05, 3.63) is 29.8 Å². The first kappa shape index (κ1) is 16.4. The molecule has 1 aromatic carbocycles. The van der Waals surface area contributed by atoms with Crippen molar-refractivity contribution in [2.24, 2.45) is 11.7 Å². The molecule has 2 N–H and O–H groups in total. The van der Waals surface area contributed by atoms with Crippen molar-refractivity contribution < 1.29 is 8.42 Å². The van der Waals surface area contributed by atoms with Crippen molar-refractivity contribution in [1.29, 1.82) is 0 Å². The summed E-state index contributed by atoms with van der Waals surface area (Å²) in [6.07, 6.45) is 2.30. The van der Waals surface area contributed by atoms with E-state index in [2.05, 4.69) is 11.8 Å². The second kappa shape index (κ2) is 6.85. The number of hydrogen-bond acceptors (Lipinski definition) is 4. The molecule has 4 nitrogen and oxygen atoms in total. The highest BCUT2D eigenvalue weighted by Gasteiger charge is 2.20. The third-order valence-corrected chi connectivity index (χ3v) is 5.96. The molecule has 1 aromatic rings. The molecule has 0 radical (unpaired) electrons. The maximum Gasteiger partial charge on any atom is 0.179 e. The van der Waals surface area contributed by atoms with Crippen LogP contribution in [0.15, 0.2) is 29.2 Å². The van der Waals surface area contributed by atoms with Gasteiger partial charge in [-0.25, -0.2) is 8.42 Å². The highest BCUT2D eigenvalue weighted by Crippen LogP contribution is 2.17. The minimum absolute atomic E-state index is 0.141. The Morgan fingerprint density at radius 3 is 2.67 bits per heavy atom. The highest BCUT2D eigenvalue weighted by molar-refractivity contribution is 7.91. The third-order valence-electron chi connectivity index (χ3n) is 4.03. The molecule has 0 unspecified atom stereocenters. The Labute approximate surface area is 132 Å². The van der Waals surface area contributed by atoms with Crippen LogP contribution in [0.2, 0.25) is 0 Å². The summed E-state index contributed by atoms with van der Waals surface area (Å²) in [5.74, 6) is 0.891. The molecule has 1 saturated heterocycles. The number of nitrogens with two attached hydrogens (primary N) is 1. The van der Waals surface area contributed by atoms with Crippen molar-refractivity contribution in [2.45, 2.75) is 24.7 Å². The Morgan fingerprint density at radius 1 is 1.38 bits per heavy atom. The van der Waals surface area contributed by atoms with Gasteiger partial charge < -0.3 is 10.6 Å². The van der Waals surface area contributed by atoms with Gasteiger partial charge >= 0.3 is 0 Å². The zero-order valence-electron chi connectivity index (χ0n) is 12.3. The number of rotatable bonds is 5. The monoisotopic (exact) mass is 326 g/mol. The fourth-order valence-corrected chi connectivity index (χ4v) is 3.95. The van der Waals surface area contributed by atoms with Gasteiger partial charge in [0.15, 0.2) is 9.84 Å². The van der Waals surface area contributed by atoms with Gasteiger partial charge in [0.25, 0.3) is 0 Å². The summed E-state index contributed by atoms with van der Waals surface area (Å²) in [6, 6.07) is 6.59. The Balaban J connectivity index is 2.01. The lowest BCUT2D eigenvalue weighted by molar-refractivity contribution is 0.202. The van der Waals surface area contributed by atoms with Crippen LogP contribution in [0.4, 0.5) is 0 Å². The fourth-order valence-electron chi connectivity index (χ4n) is 2.50. The van der Waals surface area contributed by atoms with Gasteiger partial charge in [0, 0.05) is 12.1 Å². The largest absolute Gasteiger partial charge is 0.389 e. The van der Waals surface area contributed by atoms with E-state index in [0.29, 0.717) is 17.0 Å². The van der Waals surface area contributed by atoms with E-state index >= 15 is 0 Å². The lowest BCUT2D eigenvalue weighted by Gasteiger charge is -2.29. The lowest BCUT2D eigenvalue weighted by atomic mass is 9.99. The summed E-state index contributed by atoms with van der Waals surface area (Å²) >= 11 is 4.90. The smallest absolute Gasteiger partial charge is 0.179 e. The number of piperidine rings is 1. The van der Waals surface area contributed by atoms with Crippen LogP contribution < -0.4 is 5.73 Å². The first-order valence-electron chi connectivity index (χ1n) is 7.23. The number of likely N-dealkylation sites (tertiary alicyclic amines) is 1. The molecule has 0 aromatic heterocycles. The van der Waals surface area contributed by atoms with Crippen LogP contribution in [-0.4, -0.2) is 43.7 Å². The standard InChI is InChI=1S/C15H22N2O2S2/c1-12-5-7-17(8-6-12)9-10-21(18,19)14-4-2-3-13(11-14)15(16)20/h2-4,11-12H,5-10H2,1H3,(H2,16,20). The van der Waals surface area contributed by atoms with Gasteiger partial charge in [-0.1, -0.05) is 31.3 Å². The fraction of sp³-hybridized carbons (Fsp3) is 0.533. The summed E-state index contributed by atoms with van der Waals surface area (Å²) in [5.41, 5.74) is 6.15. The van der Waals surface area contributed by atoms with Crippen LogP contribution in [0.1, 0.15) is 25.3 Å². The SMILES string of the molecule is CC1CCN(CCS(=O)(=O)c2cccc(C(N)=S)c2)CC1. The first-order valence-corrected chi connectivity index (χ1v) is 9.29. The summed E-state index contributed by atoms with van der Waals surface area (Å²) in [5, 5.41) is 0. The minimum Gasteiger partial charge on any atom is -0.389 e. The quantitative estimate of drug-likeness (QED) is 0.836. The second-order valence-corrected chi connectivity index (χ2v) is 8.28. The third kappa shape index (κ3) is 4.49. The summed E-state index contributed by atoms with van der Waals surface area (Å²) in [6.45, 7) is 4.81. The molecule has 6 heteroatoms. The van der Waals surface area contributed by atoms with E-state index in [1.165, 1.54) is 0 Å². The van der Waals surface area contributed by atoms with Crippen LogP contribution in [0, 0.1) is 5.92 Å². The van der Waals surface area contributed by atoms with Gasteiger partial charge in [-0.3, -0.25) is 0 Å². The number of hydrogen-bond donors (Lipinski definition) is 1. The zero-order chi connectivity index (χ0) is 15.5. The number of sulfone groups is 1. The Kier molecular flexibility index (Phi) is 5.35. The van der Waals surface area contributed by atoms with Gasteiger partial charge in [0.1, 0.15) is 4.99 Å². The molecule has 0 saturated carbocycles. The molecule has 1 heterocycles. The van der Waals surface area contributed by atoms with E-state index < -0.39 is 9.84 Å². The second-order valence-electron chi connectivity index (χ2n) is 5.74. The molecule has 1 aliphatic heterocycles. The zero-order valence-corrected chi connectivity index (χ0v) is 13.9. The molecule has 1 aliphatic rings. The van der Waals surface area contributed by atoms with Crippen LogP contribution in [0.3, 0.4) is 0 Å². The minimum atomic E-state index is -3.29. The molecule has 2 rings (SSSR count). The summed E-state index contributed by atoms with van der Waals surface area (Å²) in [4.78, 5) is 2.75. The molecule has 1 fully saturated rings. The Hall–Kier alpha value is -0.980. The molecular weight excluding hydrogens is 304 g/mol. The maximum atomic E-state index is 12.4. The van der Waals surface area contributed by atoms with Crippen LogP contribution in [-0.2, 0) is 9.84 Å². The first-order chi connectivity index (χ1) is 9.88. The van der Waals surface area contributed by atoms with Gasteiger partial charge in [-0.2, -0.15) is 0 Å². The predicted molar refractivity (Wildman–Crippen MR) is 89.2 cm³/mol. The summed E-state index contributed by atoms with van der Waals surface area (Å²) < 4.78 is 24.8. The van der Waals surface area contributed by atoms with Crippen LogP contribution in [0.5, 0.6) is 0 Å². The molecule has 21 heavy (non-hydrogen) atoms. The predicted octanol–water partition coefficient (Wildman–Crippen LogP) is 1.83. The molecule has 0 atom stereocenters. The summed E-state index contributed by atoms with van der Waals surface area (Å²) in [7, 11) is -3.29. The Morgan fingerprint density at radius 2 is 2.05 bits per heavy atom. The van der Waals surface area contributed by atoms with Crippen molar-refractivity contribution >= 4 is 27.0 Å². The van der Waals surface area contributed by atoms with E-state index in [0.717, 1.165) is 31.8 Å². The molecule has 0 bridgehead atoms. The van der Waals surface area contributed by atoms with Crippen molar-refractivity contribution in [1.82, 2.24) is 4.90 Å². The van der Waals surface area contributed by atoms with E-state index in [1.54, 1.807) is 24.3 Å². The average Bonchev–Trinajstić information content (AvgIpc) is 2.47. The van der Waals surface area contributed by atoms with Crippen molar-refractivity contribution in [3.63, 3.8) is 0 Å². The van der Waals surface area contributed by atoms with E-state index in [4.69, 9.17) is 18.0 Å². The lowest BCUT2D eigenvalue weighted by Crippen LogP contribution is -2.36. The van der Waals surface area contributed by atoms with Crippen molar-refractivity contribution in [3.8, 4) is 0 Å². The molecule has 0 aliphatic carbocycles. The average molecular weight is 326 g/mol.